The summed E-state index contributed by atoms with van der Waals surface area (Å²) in [6.45, 7) is -0.152. The summed E-state index contributed by atoms with van der Waals surface area (Å²) in [6, 6.07) is 4.82. The van der Waals surface area contributed by atoms with Crippen molar-refractivity contribution in [1.29, 1.82) is 0 Å². The molecule has 6 heteroatoms. The van der Waals surface area contributed by atoms with Crippen molar-refractivity contribution in [3.05, 3.63) is 23.8 Å². The van der Waals surface area contributed by atoms with E-state index in [1.165, 1.54) is 7.05 Å². The number of carbonyl (C=O) groups excluding carboxylic acids is 2. The minimum atomic E-state index is -0.640. The third kappa shape index (κ3) is 2.47. The monoisotopic (exact) mass is 237 g/mol. The molecule has 0 bridgehead atoms. The summed E-state index contributed by atoms with van der Waals surface area (Å²) in [5, 5.41) is 2.26. The van der Waals surface area contributed by atoms with Gasteiger partial charge in [0, 0.05) is 12.6 Å². The Morgan fingerprint density at radius 2 is 2.12 bits per heavy atom. The van der Waals surface area contributed by atoms with Crippen molar-refractivity contribution in [1.82, 2.24) is 5.32 Å². The number of nitrogens with one attached hydrogen (secondary N) is 1. The highest BCUT2D eigenvalue weighted by atomic mass is 16.7. The summed E-state index contributed by atoms with van der Waals surface area (Å²) in [6.07, 6.45) is -0.640. The third-order valence-corrected chi connectivity index (χ3v) is 2.23. The standard InChI is InChI=1S/C11H11NO5/c1-12-11(14)15-5-8(13)7-2-3-9-10(4-7)17-6-16-9/h2-4H,5-6H2,1H3,(H,12,14). The molecule has 1 amide bonds. The van der Waals surface area contributed by atoms with Gasteiger partial charge in [-0.2, -0.15) is 0 Å². The Balaban J connectivity index is 2.02. The largest absolute Gasteiger partial charge is 0.454 e. The molecule has 1 aliphatic heterocycles. The lowest BCUT2D eigenvalue weighted by molar-refractivity contribution is 0.0847. The fourth-order valence-corrected chi connectivity index (χ4v) is 1.36. The number of fused-ring (bicyclic) bond motifs is 1. The Bertz CT molecular complexity index is 457. The Morgan fingerprint density at radius 1 is 1.35 bits per heavy atom. The Hall–Kier alpha value is -2.24. The maximum absolute atomic E-state index is 11.7. The number of ether oxygens (including phenoxy) is 3. The molecule has 2 rings (SSSR count). The molecule has 1 aromatic rings. The lowest BCUT2D eigenvalue weighted by Crippen LogP contribution is -2.22. The van der Waals surface area contributed by atoms with Gasteiger partial charge < -0.3 is 19.5 Å². The maximum Gasteiger partial charge on any atom is 0.407 e. The molecule has 1 aromatic carbocycles. The second kappa shape index (κ2) is 4.73. The number of benzene rings is 1. The molecular formula is C11H11NO5. The van der Waals surface area contributed by atoms with Gasteiger partial charge in [0.15, 0.2) is 18.1 Å². The molecule has 0 saturated heterocycles. The summed E-state index contributed by atoms with van der Waals surface area (Å²) in [7, 11) is 1.42. The Kier molecular flexibility index (Phi) is 3.13. The van der Waals surface area contributed by atoms with Crippen LogP contribution in [0.5, 0.6) is 11.5 Å². The smallest absolute Gasteiger partial charge is 0.407 e. The Labute approximate surface area is 97.5 Å². The lowest BCUT2D eigenvalue weighted by Gasteiger charge is -2.04. The zero-order valence-electron chi connectivity index (χ0n) is 9.19. The van der Waals surface area contributed by atoms with Gasteiger partial charge in [-0.25, -0.2) is 4.79 Å². The van der Waals surface area contributed by atoms with Gasteiger partial charge in [-0.1, -0.05) is 0 Å². The molecule has 17 heavy (non-hydrogen) atoms. The highest BCUT2D eigenvalue weighted by Crippen LogP contribution is 2.32. The number of ketones is 1. The number of alkyl carbamates (subject to hydrolysis) is 1. The van der Waals surface area contributed by atoms with Crippen LogP contribution in [-0.4, -0.2) is 32.3 Å². The van der Waals surface area contributed by atoms with Gasteiger partial charge in [0.2, 0.25) is 12.6 Å². The van der Waals surface area contributed by atoms with Gasteiger partial charge in [0.05, 0.1) is 0 Å². The SMILES string of the molecule is CNC(=O)OCC(=O)c1ccc2c(c1)OCO2. The second-order valence-electron chi connectivity index (χ2n) is 3.32. The van der Waals surface area contributed by atoms with Gasteiger partial charge in [0.25, 0.3) is 0 Å². The molecule has 0 saturated carbocycles. The molecule has 90 valence electrons. The zero-order valence-corrected chi connectivity index (χ0v) is 9.19. The van der Waals surface area contributed by atoms with E-state index >= 15 is 0 Å². The zero-order chi connectivity index (χ0) is 12.3. The van der Waals surface area contributed by atoms with E-state index in [1.54, 1.807) is 18.2 Å². The average Bonchev–Trinajstić information content (AvgIpc) is 2.82. The minimum absolute atomic E-state index is 0.154. The maximum atomic E-state index is 11.7. The van der Waals surface area contributed by atoms with Gasteiger partial charge in [-0.05, 0) is 18.2 Å². The fourth-order valence-electron chi connectivity index (χ4n) is 1.36. The van der Waals surface area contributed by atoms with E-state index in [0.29, 0.717) is 17.1 Å². The van der Waals surface area contributed by atoms with Gasteiger partial charge >= 0.3 is 6.09 Å². The minimum Gasteiger partial charge on any atom is -0.454 e. The van der Waals surface area contributed by atoms with Gasteiger partial charge in [-0.15, -0.1) is 0 Å². The first kappa shape index (κ1) is 11.3. The molecule has 6 nitrogen and oxygen atoms in total. The molecule has 0 aromatic heterocycles. The van der Waals surface area contributed by atoms with E-state index in [-0.39, 0.29) is 19.2 Å². The number of amides is 1. The highest BCUT2D eigenvalue weighted by molar-refractivity contribution is 5.98. The van der Waals surface area contributed by atoms with Crippen molar-refractivity contribution in [2.75, 3.05) is 20.4 Å². The van der Waals surface area contributed by atoms with Crippen LogP contribution >= 0.6 is 0 Å². The van der Waals surface area contributed by atoms with Crippen LogP contribution in [0, 0.1) is 0 Å². The van der Waals surface area contributed by atoms with Gasteiger partial charge in [-0.3, -0.25) is 4.79 Å². The van der Waals surface area contributed by atoms with Crippen molar-refractivity contribution in [2.24, 2.45) is 0 Å². The fraction of sp³-hybridized carbons (Fsp3) is 0.273. The number of hydrogen-bond donors (Lipinski definition) is 1. The molecule has 0 radical (unpaired) electrons. The summed E-state index contributed by atoms with van der Waals surface area (Å²) in [5.74, 6) is 0.830. The first-order valence-corrected chi connectivity index (χ1v) is 4.98. The molecular weight excluding hydrogens is 226 g/mol. The van der Waals surface area contributed by atoms with Crippen LogP contribution < -0.4 is 14.8 Å². The predicted molar refractivity (Wildman–Crippen MR) is 57.3 cm³/mol. The number of Topliss-reactive ketones (excluding diaryl/α,β-unsaturated/α-hetero) is 1. The van der Waals surface area contributed by atoms with E-state index in [0.717, 1.165) is 0 Å². The predicted octanol–water partition coefficient (Wildman–Crippen LogP) is 0.954. The van der Waals surface area contributed by atoms with E-state index < -0.39 is 6.09 Å². The number of carbonyl (C=O) groups is 2. The molecule has 1 aliphatic rings. The summed E-state index contributed by atoms with van der Waals surface area (Å²) >= 11 is 0. The van der Waals surface area contributed by atoms with Crippen molar-refractivity contribution in [2.45, 2.75) is 0 Å². The van der Waals surface area contributed by atoms with E-state index in [1.807, 2.05) is 0 Å². The van der Waals surface area contributed by atoms with Crippen LogP contribution in [0.25, 0.3) is 0 Å². The van der Waals surface area contributed by atoms with E-state index in [4.69, 9.17) is 9.47 Å². The first-order chi connectivity index (χ1) is 8.20. The summed E-state index contributed by atoms with van der Waals surface area (Å²) in [4.78, 5) is 22.5. The third-order valence-electron chi connectivity index (χ3n) is 2.23. The summed E-state index contributed by atoms with van der Waals surface area (Å²) < 4.78 is 14.9. The topological polar surface area (TPSA) is 73.9 Å². The Morgan fingerprint density at radius 3 is 2.88 bits per heavy atom. The molecule has 0 unspecified atom stereocenters. The molecule has 1 N–H and O–H groups in total. The molecule has 0 spiro atoms. The number of hydrogen-bond acceptors (Lipinski definition) is 5. The quantitative estimate of drug-likeness (QED) is 0.792. The first-order valence-electron chi connectivity index (χ1n) is 4.98. The van der Waals surface area contributed by atoms with Crippen molar-refractivity contribution in [3.63, 3.8) is 0 Å². The van der Waals surface area contributed by atoms with E-state index in [2.05, 4.69) is 10.1 Å². The van der Waals surface area contributed by atoms with Crippen LogP contribution in [0.4, 0.5) is 4.79 Å². The van der Waals surface area contributed by atoms with Crippen molar-refractivity contribution in [3.8, 4) is 11.5 Å². The van der Waals surface area contributed by atoms with Crippen LogP contribution in [-0.2, 0) is 4.74 Å². The molecule has 0 atom stereocenters. The van der Waals surface area contributed by atoms with E-state index in [9.17, 15) is 9.59 Å². The molecule has 0 fully saturated rings. The lowest BCUT2D eigenvalue weighted by atomic mass is 10.1. The number of rotatable bonds is 3. The molecule has 1 heterocycles. The highest BCUT2D eigenvalue weighted by Gasteiger charge is 2.16. The summed E-state index contributed by atoms with van der Waals surface area (Å²) in [5.41, 5.74) is 0.415. The van der Waals surface area contributed by atoms with Crippen LogP contribution in [0.15, 0.2) is 18.2 Å². The molecule has 0 aliphatic carbocycles. The van der Waals surface area contributed by atoms with Crippen LogP contribution in [0.1, 0.15) is 10.4 Å². The van der Waals surface area contributed by atoms with Crippen LogP contribution in [0.2, 0.25) is 0 Å². The van der Waals surface area contributed by atoms with Gasteiger partial charge in [0.1, 0.15) is 0 Å². The van der Waals surface area contributed by atoms with Crippen molar-refractivity contribution < 1.29 is 23.8 Å². The second-order valence-corrected chi connectivity index (χ2v) is 3.32. The normalized spacial score (nSPS) is 12.1. The average molecular weight is 237 g/mol. The van der Waals surface area contributed by atoms with Crippen molar-refractivity contribution >= 4 is 11.9 Å². The van der Waals surface area contributed by atoms with Crippen LogP contribution in [0.3, 0.4) is 0 Å².